The summed E-state index contributed by atoms with van der Waals surface area (Å²) in [5, 5.41) is 14.9. The van der Waals surface area contributed by atoms with Crippen LogP contribution in [0.3, 0.4) is 0 Å². The third kappa shape index (κ3) is 5.61. The molecule has 0 aliphatic heterocycles. The highest BCUT2D eigenvalue weighted by Gasteiger charge is 2.15. The van der Waals surface area contributed by atoms with Crippen molar-refractivity contribution in [1.82, 2.24) is 14.8 Å². The Morgan fingerprint density at radius 3 is 2.50 bits per heavy atom. The Bertz CT molecular complexity index is 1080. The second kappa shape index (κ2) is 9.77. The van der Waals surface area contributed by atoms with Gasteiger partial charge >= 0.3 is 0 Å². The number of hydrogen-bond acceptors (Lipinski definition) is 5. The van der Waals surface area contributed by atoms with Crippen molar-refractivity contribution in [3.05, 3.63) is 64.4 Å². The molecule has 30 heavy (non-hydrogen) atoms. The second-order valence-corrected chi connectivity index (χ2v) is 8.17. The largest absolute Gasteiger partial charge is 0.325 e. The number of para-hydroxylation sites is 1. The van der Waals surface area contributed by atoms with Gasteiger partial charge in [0.2, 0.25) is 11.8 Å². The molecule has 0 fully saturated rings. The lowest BCUT2D eigenvalue weighted by Gasteiger charge is -2.09. The van der Waals surface area contributed by atoms with Gasteiger partial charge in [0.15, 0.2) is 5.16 Å². The van der Waals surface area contributed by atoms with E-state index in [1.54, 1.807) is 35.9 Å². The van der Waals surface area contributed by atoms with Gasteiger partial charge in [0.25, 0.3) is 0 Å². The summed E-state index contributed by atoms with van der Waals surface area (Å²) in [7, 11) is 1.77. The summed E-state index contributed by atoms with van der Waals surface area (Å²) in [4.78, 5) is 24.6. The van der Waals surface area contributed by atoms with Crippen molar-refractivity contribution < 1.29 is 9.59 Å². The van der Waals surface area contributed by atoms with E-state index in [1.165, 1.54) is 11.8 Å². The van der Waals surface area contributed by atoms with E-state index in [2.05, 4.69) is 20.8 Å². The van der Waals surface area contributed by atoms with Crippen molar-refractivity contribution in [2.45, 2.75) is 25.4 Å². The summed E-state index contributed by atoms with van der Waals surface area (Å²) < 4.78 is 1.72. The van der Waals surface area contributed by atoms with Gasteiger partial charge in [-0.2, -0.15) is 0 Å². The highest BCUT2D eigenvalue weighted by Crippen LogP contribution is 2.22. The number of nitrogens with zero attached hydrogens (tertiary/aromatic N) is 3. The average molecular weight is 444 g/mol. The SMILES string of the molecule is Cc1ccc(NC(=O)Cc2nnc(SCC(=O)Nc3ccccc3Cl)n2C)c(C)c1. The Hall–Kier alpha value is -2.84. The summed E-state index contributed by atoms with van der Waals surface area (Å²) in [6.07, 6.45) is 0.0865. The molecule has 0 unspecified atom stereocenters. The molecular formula is C21H22ClN5O2S. The number of thioether (sulfide) groups is 1. The van der Waals surface area contributed by atoms with Crippen LogP contribution in [0.25, 0.3) is 0 Å². The summed E-state index contributed by atoms with van der Waals surface area (Å²) >= 11 is 7.29. The number of rotatable bonds is 7. The number of carbonyl (C=O) groups is 2. The van der Waals surface area contributed by atoms with Crippen molar-refractivity contribution in [2.75, 3.05) is 16.4 Å². The standard InChI is InChI=1S/C21H22ClN5O2S/c1-13-8-9-16(14(2)10-13)23-19(28)11-18-25-26-21(27(18)3)30-12-20(29)24-17-7-5-4-6-15(17)22/h4-10H,11-12H2,1-3H3,(H,23,28)(H,24,29). The van der Waals surface area contributed by atoms with Crippen molar-refractivity contribution in [2.24, 2.45) is 7.05 Å². The van der Waals surface area contributed by atoms with E-state index in [1.807, 2.05) is 32.0 Å². The number of aromatic nitrogens is 3. The van der Waals surface area contributed by atoms with E-state index in [-0.39, 0.29) is 24.0 Å². The fraction of sp³-hybridized carbons (Fsp3) is 0.238. The van der Waals surface area contributed by atoms with Gasteiger partial charge < -0.3 is 15.2 Å². The molecule has 0 atom stereocenters. The predicted molar refractivity (Wildman–Crippen MR) is 120 cm³/mol. The fourth-order valence-corrected chi connectivity index (χ4v) is 3.71. The molecule has 0 spiro atoms. The minimum absolute atomic E-state index is 0.0865. The van der Waals surface area contributed by atoms with Crippen LogP contribution in [-0.4, -0.2) is 32.3 Å². The van der Waals surface area contributed by atoms with Gasteiger partial charge in [0.05, 0.1) is 22.9 Å². The van der Waals surface area contributed by atoms with Crippen molar-refractivity contribution in [1.29, 1.82) is 0 Å². The molecular weight excluding hydrogens is 422 g/mol. The molecule has 0 bridgehead atoms. The first-order valence-electron chi connectivity index (χ1n) is 9.26. The Morgan fingerprint density at radius 1 is 1.03 bits per heavy atom. The Kier molecular flexibility index (Phi) is 7.12. The van der Waals surface area contributed by atoms with Crippen LogP contribution in [0, 0.1) is 13.8 Å². The van der Waals surface area contributed by atoms with Crippen molar-refractivity contribution >= 4 is 46.6 Å². The number of benzene rings is 2. The van der Waals surface area contributed by atoms with E-state index in [0.29, 0.717) is 21.7 Å². The maximum absolute atomic E-state index is 12.4. The maximum atomic E-state index is 12.4. The zero-order chi connectivity index (χ0) is 21.7. The molecule has 0 saturated carbocycles. The molecule has 9 heteroatoms. The maximum Gasteiger partial charge on any atom is 0.234 e. The summed E-state index contributed by atoms with van der Waals surface area (Å²) in [5.41, 5.74) is 3.48. The quantitative estimate of drug-likeness (QED) is 0.539. The molecule has 1 heterocycles. The number of hydrogen-bond donors (Lipinski definition) is 2. The fourth-order valence-electron chi connectivity index (χ4n) is 2.80. The van der Waals surface area contributed by atoms with Gasteiger partial charge in [0, 0.05) is 12.7 Å². The van der Waals surface area contributed by atoms with Crippen LogP contribution in [0.15, 0.2) is 47.6 Å². The molecule has 2 aromatic carbocycles. The van der Waals surface area contributed by atoms with Crippen LogP contribution in [0.1, 0.15) is 17.0 Å². The lowest BCUT2D eigenvalue weighted by Crippen LogP contribution is -2.18. The predicted octanol–water partition coefficient (Wildman–Crippen LogP) is 4.00. The highest BCUT2D eigenvalue weighted by atomic mass is 35.5. The lowest BCUT2D eigenvalue weighted by molar-refractivity contribution is -0.116. The minimum atomic E-state index is -0.203. The molecule has 0 saturated heterocycles. The summed E-state index contributed by atoms with van der Waals surface area (Å²) in [6.45, 7) is 3.96. The molecule has 156 valence electrons. The van der Waals surface area contributed by atoms with Crippen LogP contribution in [-0.2, 0) is 23.1 Å². The summed E-state index contributed by atoms with van der Waals surface area (Å²) in [5.74, 6) is 0.286. The molecule has 1 aromatic heterocycles. The van der Waals surface area contributed by atoms with Gasteiger partial charge in [-0.25, -0.2) is 0 Å². The van der Waals surface area contributed by atoms with E-state index >= 15 is 0 Å². The molecule has 2 amide bonds. The average Bonchev–Trinajstić information content (AvgIpc) is 3.04. The molecule has 0 aliphatic rings. The molecule has 7 nitrogen and oxygen atoms in total. The van der Waals surface area contributed by atoms with Crippen LogP contribution in [0.2, 0.25) is 5.02 Å². The zero-order valence-electron chi connectivity index (χ0n) is 16.9. The van der Waals surface area contributed by atoms with Crippen LogP contribution < -0.4 is 10.6 Å². The number of halogens is 1. The molecule has 0 radical (unpaired) electrons. The smallest absolute Gasteiger partial charge is 0.234 e. The van der Waals surface area contributed by atoms with E-state index in [0.717, 1.165) is 16.8 Å². The van der Waals surface area contributed by atoms with Gasteiger partial charge in [-0.05, 0) is 37.6 Å². The number of aryl methyl sites for hydroxylation is 2. The third-order valence-corrected chi connectivity index (χ3v) is 5.73. The van der Waals surface area contributed by atoms with E-state index < -0.39 is 0 Å². The summed E-state index contributed by atoms with van der Waals surface area (Å²) in [6, 6.07) is 12.9. The van der Waals surface area contributed by atoms with Gasteiger partial charge in [0.1, 0.15) is 5.82 Å². The first-order valence-corrected chi connectivity index (χ1v) is 10.6. The van der Waals surface area contributed by atoms with Crippen molar-refractivity contribution in [3.8, 4) is 0 Å². The third-order valence-electron chi connectivity index (χ3n) is 4.38. The first kappa shape index (κ1) is 21.9. The van der Waals surface area contributed by atoms with Gasteiger partial charge in [-0.3, -0.25) is 9.59 Å². The van der Waals surface area contributed by atoms with Gasteiger partial charge in [-0.15, -0.1) is 10.2 Å². The lowest BCUT2D eigenvalue weighted by atomic mass is 10.1. The minimum Gasteiger partial charge on any atom is -0.325 e. The number of anilines is 2. The Labute approximate surface area is 184 Å². The van der Waals surface area contributed by atoms with Crippen molar-refractivity contribution in [3.63, 3.8) is 0 Å². The monoisotopic (exact) mass is 443 g/mol. The van der Waals surface area contributed by atoms with Crippen LogP contribution in [0.5, 0.6) is 0 Å². The number of carbonyl (C=O) groups excluding carboxylic acids is 2. The molecule has 0 aliphatic carbocycles. The van der Waals surface area contributed by atoms with Crippen LogP contribution >= 0.6 is 23.4 Å². The van der Waals surface area contributed by atoms with Gasteiger partial charge in [-0.1, -0.05) is 53.2 Å². The van der Waals surface area contributed by atoms with Crippen LogP contribution in [0.4, 0.5) is 11.4 Å². The van der Waals surface area contributed by atoms with E-state index in [9.17, 15) is 9.59 Å². The van der Waals surface area contributed by atoms with E-state index in [4.69, 9.17) is 11.6 Å². The molecule has 3 rings (SSSR count). The Balaban J connectivity index is 1.55. The second-order valence-electron chi connectivity index (χ2n) is 6.82. The zero-order valence-corrected chi connectivity index (χ0v) is 18.5. The molecule has 3 aromatic rings. The number of nitrogens with one attached hydrogen (secondary N) is 2. The first-order chi connectivity index (χ1) is 14.3. The molecule has 2 N–H and O–H groups in total. The Morgan fingerprint density at radius 2 is 1.77 bits per heavy atom. The number of amides is 2. The topological polar surface area (TPSA) is 88.9 Å². The highest BCUT2D eigenvalue weighted by molar-refractivity contribution is 7.99. The normalized spacial score (nSPS) is 10.7.